The van der Waals surface area contributed by atoms with E-state index in [1.165, 1.54) is 6.92 Å². The second kappa shape index (κ2) is 9.07. The van der Waals surface area contributed by atoms with Crippen LogP contribution in [0, 0.1) is 11.8 Å². The quantitative estimate of drug-likeness (QED) is 0.759. The van der Waals surface area contributed by atoms with Crippen LogP contribution in [-0.4, -0.2) is 54.8 Å². The molecule has 0 radical (unpaired) electrons. The summed E-state index contributed by atoms with van der Waals surface area (Å²) in [4.78, 5) is 51.9. The van der Waals surface area contributed by atoms with E-state index in [9.17, 15) is 19.2 Å². The van der Waals surface area contributed by atoms with Gasteiger partial charge in [0.2, 0.25) is 17.7 Å². The molecule has 0 aliphatic carbocycles. The Kier molecular flexibility index (Phi) is 6.51. The van der Waals surface area contributed by atoms with E-state index in [0.717, 1.165) is 12.8 Å². The van der Waals surface area contributed by atoms with Crippen LogP contribution in [0.5, 0.6) is 0 Å². The van der Waals surface area contributed by atoms with Crippen LogP contribution in [0.2, 0.25) is 0 Å². The van der Waals surface area contributed by atoms with E-state index in [1.54, 1.807) is 41.0 Å². The molecule has 1 N–H and O–H groups in total. The van der Waals surface area contributed by atoms with Crippen molar-refractivity contribution in [3.63, 3.8) is 0 Å². The van der Waals surface area contributed by atoms with Crippen LogP contribution in [0.3, 0.4) is 0 Å². The first-order valence-electron chi connectivity index (χ1n) is 10.0. The van der Waals surface area contributed by atoms with Crippen molar-refractivity contribution < 1.29 is 23.9 Å². The number of amides is 3. The number of hydrogen-bond donors (Lipinski definition) is 1. The number of likely N-dealkylation sites (tertiary alicyclic amines) is 1. The topological polar surface area (TPSA) is 96.0 Å². The number of benzene rings is 1. The molecular formula is C21H27N3O5. The Morgan fingerprint density at radius 2 is 1.86 bits per heavy atom. The predicted molar refractivity (Wildman–Crippen MR) is 107 cm³/mol. The van der Waals surface area contributed by atoms with Gasteiger partial charge in [0.05, 0.1) is 18.4 Å². The molecule has 29 heavy (non-hydrogen) atoms. The molecular weight excluding hydrogens is 374 g/mol. The van der Waals surface area contributed by atoms with E-state index >= 15 is 0 Å². The third-order valence-electron chi connectivity index (χ3n) is 5.33. The van der Waals surface area contributed by atoms with Crippen LogP contribution in [0.1, 0.15) is 33.1 Å². The molecule has 0 bridgehead atoms. The van der Waals surface area contributed by atoms with Crippen molar-refractivity contribution in [1.82, 2.24) is 4.90 Å². The predicted octanol–water partition coefficient (Wildman–Crippen LogP) is 1.80. The van der Waals surface area contributed by atoms with Crippen LogP contribution in [0.4, 0.5) is 11.4 Å². The highest BCUT2D eigenvalue weighted by molar-refractivity contribution is 6.00. The lowest BCUT2D eigenvalue weighted by Crippen LogP contribution is -2.45. The SMILES string of the molecule is CCOC(=O)C1CCCN(C(=O)C2CC(=O)N(c3ccc(NC(C)=O)cc3)C2)C1. The molecule has 8 heteroatoms. The highest BCUT2D eigenvalue weighted by Crippen LogP contribution is 2.29. The van der Waals surface area contributed by atoms with Crippen LogP contribution in [0.25, 0.3) is 0 Å². The minimum Gasteiger partial charge on any atom is -0.466 e. The molecule has 2 unspecified atom stereocenters. The van der Waals surface area contributed by atoms with Crippen molar-refractivity contribution in [2.75, 3.05) is 36.5 Å². The zero-order valence-electron chi connectivity index (χ0n) is 16.8. The Hall–Kier alpha value is -2.90. The highest BCUT2D eigenvalue weighted by Gasteiger charge is 2.39. The van der Waals surface area contributed by atoms with E-state index in [-0.39, 0.29) is 36.0 Å². The number of carbonyl (C=O) groups is 4. The number of ether oxygens (including phenoxy) is 1. The fraction of sp³-hybridized carbons (Fsp3) is 0.524. The van der Waals surface area contributed by atoms with Gasteiger partial charge in [0.25, 0.3) is 0 Å². The standard InChI is InChI=1S/C21H27N3O5/c1-3-29-21(28)15-5-4-10-23(12-15)20(27)16-11-19(26)24(13-16)18-8-6-17(7-9-18)22-14(2)25/h6-9,15-16H,3-5,10-13H2,1-2H3,(H,22,25). The molecule has 0 aromatic heterocycles. The Bertz CT molecular complexity index is 792. The monoisotopic (exact) mass is 401 g/mol. The van der Waals surface area contributed by atoms with Gasteiger partial charge in [0.1, 0.15) is 0 Å². The Morgan fingerprint density at radius 1 is 1.14 bits per heavy atom. The first kappa shape index (κ1) is 20.8. The first-order chi connectivity index (χ1) is 13.9. The molecule has 2 heterocycles. The smallest absolute Gasteiger partial charge is 0.310 e. The van der Waals surface area contributed by atoms with E-state index in [1.807, 2.05) is 0 Å². The van der Waals surface area contributed by atoms with Crippen LogP contribution in [0.15, 0.2) is 24.3 Å². The summed E-state index contributed by atoms with van der Waals surface area (Å²) in [5.41, 5.74) is 1.35. The van der Waals surface area contributed by atoms with Gasteiger partial charge in [-0.1, -0.05) is 0 Å². The average molecular weight is 401 g/mol. The van der Waals surface area contributed by atoms with Gasteiger partial charge in [-0.25, -0.2) is 0 Å². The van der Waals surface area contributed by atoms with Gasteiger partial charge >= 0.3 is 5.97 Å². The highest BCUT2D eigenvalue weighted by atomic mass is 16.5. The van der Waals surface area contributed by atoms with Gasteiger partial charge in [-0.15, -0.1) is 0 Å². The molecule has 2 saturated heterocycles. The third kappa shape index (κ3) is 4.93. The lowest BCUT2D eigenvalue weighted by molar-refractivity contribution is -0.152. The fourth-order valence-electron chi connectivity index (χ4n) is 3.94. The molecule has 2 aliphatic heterocycles. The van der Waals surface area contributed by atoms with Crippen molar-refractivity contribution in [3.8, 4) is 0 Å². The summed E-state index contributed by atoms with van der Waals surface area (Å²) < 4.78 is 5.10. The van der Waals surface area contributed by atoms with E-state index in [2.05, 4.69) is 5.32 Å². The molecule has 3 rings (SSSR count). The van der Waals surface area contributed by atoms with E-state index < -0.39 is 5.92 Å². The summed E-state index contributed by atoms with van der Waals surface area (Å²) in [6, 6.07) is 6.98. The van der Waals surface area contributed by atoms with Gasteiger partial charge in [0, 0.05) is 44.4 Å². The molecule has 1 aromatic carbocycles. The molecule has 0 saturated carbocycles. The van der Waals surface area contributed by atoms with Gasteiger partial charge in [-0.3, -0.25) is 19.2 Å². The maximum atomic E-state index is 13.0. The van der Waals surface area contributed by atoms with Gasteiger partial charge in [-0.05, 0) is 44.0 Å². The maximum Gasteiger partial charge on any atom is 0.310 e. The van der Waals surface area contributed by atoms with Gasteiger partial charge in [0.15, 0.2) is 0 Å². The normalized spacial score (nSPS) is 21.8. The van der Waals surface area contributed by atoms with E-state index in [0.29, 0.717) is 37.6 Å². The molecule has 2 atom stereocenters. The van der Waals surface area contributed by atoms with Crippen LogP contribution < -0.4 is 10.2 Å². The summed E-state index contributed by atoms with van der Waals surface area (Å²) in [5.74, 6) is -1.31. The molecule has 8 nitrogen and oxygen atoms in total. The van der Waals surface area contributed by atoms with Gasteiger partial charge in [-0.2, -0.15) is 0 Å². The number of anilines is 2. The summed E-state index contributed by atoms with van der Waals surface area (Å²) in [6.07, 6.45) is 1.63. The van der Waals surface area contributed by atoms with Crippen molar-refractivity contribution in [3.05, 3.63) is 24.3 Å². The summed E-state index contributed by atoms with van der Waals surface area (Å²) in [5, 5.41) is 2.69. The average Bonchev–Trinajstić information content (AvgIpc) is 3.09. The molecule has 2 aliphatic rings. The van der Waals surface area contributed by atoms with Crippen molar-refractivity contribution in [1.29, 1.82) is 0 Å². The molecule has 3 amide bonds. The van der Waals surface area contributed by atoms with Crippen LogP contribution in [-0.2, 0) is 23.9 Å². The zero-order chi connectivity index (χ0) is 21.0. The number of piperidine rings is 1. The van der Waals surface area contributed by atoms with E-state index in [4.69, 9.17) is 4.74 Å². The van der Waals surface area contributed by atoms with Crippen molar-refractivity contribution >= 4 is 35.1 Å². The lowest BCUT2D eigenvalue weighted by atomic mass is 9.96. The van der Waals surface area contributed by atoms with Gasteiger partial charge < -0.3 is 19.9 Å². The maximum absolute atomic E-state index is 13.0. The lowest BCUT2D eigenvalue weighted by Gasteiger charge is -2.33. The Balaban J connectivity index is 1.62. The minimum absolute atomic E-state index is 0.0790. The number of esters is 1. The third-order valence-corrected chi connectivity index (χ3v) is 5.33. The summed E-state index contributed by atoms with van der Waals surface area (Å²) >= 11 is 0. The fourth-order valence-corrected chi connectivity index (χ4v) is 3.94. The number of hydrogen-bond acceptors (Lipinski definition) is 5. The molecule has 0 spiro atoms. The second-order valence-corrected chi connectivity index (χ2v) is 7.51. The largest absolute Gasteiger partial charge is 0.466 e. The van der Waals surface area contributed by atoms with Crippen molar-refractivity contribution in [2.24, 2.45) is 11.8 Å². The minimum atomic E-state index is -0.418. The molecule has 156 valence electrons. The number of rotatable bonds is 5. The number of nitrogens with zero attached hydrogens (tertiary/aromatic N) is 2. The second-order valence-electron chi connectivity index (χ2n) is 7.51. The molecule has 2 fully saturated rings. The zero-order valence-corrected chi connectivity index (χ0v) is 16.8. The van der Waals surface area contributed by atoms with Crippen molar-refractivity contribution in [2.45, 2.75) is 33.1 Å². The summed E-state index contributed by atoms with van der Waals surface area (Å²) in [7, 11) is 0. The number of carbonyl (C=O) groups excluding carboxylic acids is 4. The summed E-state index contributed by atoms with van der Waals surface area (Å²) in [6.45, 7) is 4.80. The Labute approximate surface area is 170 Å². The first-order valence-corrected chi connectivity index (χ1v) is 10.0. The molecule has 1 aromatic rings. The number of nitrogens with one attached hydrogen (secondary N) is 1. The Morgan fingerprint density at radius 3 is 2.52 bits per heavy atom. The van der Waals surface area contributed by atoms with Crippen LogP contribution >= 0.6 is 0 Å².